The molecule has 98 valence electrons. The van der Waals surface area contributed by atoms with E-state index in [2.05, 4.69) is 12.2 Å². The Labute approximate surface area is 112 Å². The topological polar surface area (TPSA) is 46.2 Å². The van der Waals surface area contributed by atoms with Crippen LogP contribution in [0.5, 0.6) is 0 Å². The van der Waals surface area contributed by atoms with Crippen molar-refractivity contribution in [1.82, 2.24) is 5.32 Å². The van der Waals surface area contributed by atoms with Gasteiger partial charge < -0.3 is 5.32 Å². The fraction of sp³-hybridized carbons (Fsp3) is 0.636. The summed E-state index contributed by atoms with van der Waals surface area (Å²) in [6.45, 7) is 4.44. The van der Waals surface area contributed by atoms with Gasteiger partial charge in [-0.3, -0.25) is 0 Å². The summed E-state index contributed by atoms with van der Waals surface area (Å²) in [4.78, 5) is 1.17. The van der Waals surface area contributed by atoms with E-state index >= 15 is 0 Å². The minimum Gasteiger partial charge on any atom is -0.309 e. The zero-order valence-electron chi connectivity index (χ0n) is 10.1. The Kier molecular flexibility index (Phi) is 5.92. The van der Waals surface area contributed by atoms with Gasteiger partial charge in [-0.2, -0.15) is 0 Å². The van der Waals surface area contributed by atoms with Crippen LogP contribution < -0.4 is 5.32 Å². The molecule has 1 heterocycles. The van der Waals surface area contributed by atoms with Gasteiger partial charge in [0, 0.05) is 16.7 Å². The quantitative estimate of drug-likeness (QED) is 0.787. The van der Waals surface area contributed by atoms with E-state index in [4.69, 9.17) is 11.6 Å². The lowest BCUT2D eigenvalue weighted by Gasteiger charge is -2.11. The number of thiophene rings is 1. The van der Waals surface area contributed by atoms with Gasteiger partial charge in [0.25, 0.3) is 0 Å². The van der Waals surface area contributed by atoms with Crippen LogP contribution in [0.2, 0.25) is 4.34 Å². The van der Waals surface area contributed by atoms with Crippen molar-refractivity contribution in [3.8, 4) is 0 Å². The first-order chi connectivity index (χ1) is 7.94. The summed E-state index contributed by atoms with van der Waals surface area (Å²) >= 11 is 7.40. The number of rotatable bonds is 7. The second-order valence-electron chi connectivity index (χ2n) is 3.91. The summed E-state index contributed by atoms with van der Waals surface area (Å²) in [5.41, 5.74) is 0. The first-order valence-electron chi connectivity index (χ1n) is 5.63. The van der Waals surface area contributed by atoms with E-state index < -0.39 is 9.84 Å². The Bertz CT molecular complexity index is 442. The summed E-state index contributed by atoms with van der Waals surface area (Å²) in [6, 6.07) is 4.09. The number of nitrogens with one attached hydrogen (secondary N) is 1. The van der Waals surface area contributed by atoms with Crippen molar-refractivity contribution in [2.24, 2.45) is 0 Å². The van der Waals surface area contributed by atoms with E-state index in [-0.39, 0.29) is 17.5 Å². The van der Waals surface area contributed by atoms with Crippen molar-refractivity contribution in [3.05, 3.63) is 21.3 Å². The van der Waals surface area contributed by atoms with Crippen LogP contribution in [0, 0.1) is 0 Å². The predicted molar refractivity (Wildman–Crippen MR) is 74.7 cm³/mol. The van der Waals surface area contributed by atoms with Gasteiger partial charge in [0.1, 0.15) is 9.84 Å². The average Bonchev–Trinajstić information content (AvgIpc) is 2.71. The standard InChI is InChI=1S/C11H18ClNO2S2/c1-3-17(14,15)8-4-7-13-9(2)10-5-6-11(12)16-10/h5-6,9,13H,3-4,7-8H2,1-2H3. The average molecular weight is 296 g/mol. The van der Waals surface area contributed by atoms with Crippen molar-refractivity contribution < 1.29 is 8.42 Å². The highest BCUT2D eigenvalue weighted by atomic mass is 35.5. The van der Waals surface area contributed by atoms with Gasteiger partial charge in [-0.25, -0.2) is 8.42 Å². The van der Waals surface area contributed by atoms with Crippen molar-refractivity contribution >= 4 is 32.8 Å². The van der Waals surface area contributed by atoms with Gasteiger partial charge in [0.05, 0.1) is 10.1 Å². The first-order valence-corrected chi connectivity index (χ1v) is 8.65. The molecule has 0 aliphatic heterocycles. The minimum absolute atomic E-state index is 0.219. The second-order valence-corrected chi connectivity index (χ2v) is 8.13. The van der Waals surface area contributed by atoms with Crippen LogP contribution >= 0.6 is 22.9 Å². The van der Waals surface area contributed by atoms with Crippen LogP contribution in [0.25, 0.3) is 0 Å². The normalized spacial score (nSPS) is 13.8. The zero-order chi connectivity index (χ0) is 12.9. The summed E-state index contributed by atoms with van der Waals surface area (Å²) in [5.74, 6) is 0.484. The molecule has 0 aliphatic carbocycles. The van der Waals surface area contributed by atoms with E-state index in [1.54, 1.807) is 18.3 Å². The van der Waals surface area contributed by atoms with E-state index in [1.165, 1.54) is 4.88 Å². The van der Waals surface area contributed by atoms with Crippen LogP contribution in [0.15, 0.2) is 12.1 Å². The largest absolute Gasteiger partial charge is 0.309 e. The molecule has 3 nitrogen and oxygen atoms in total. The molecule has 1 N–H and O–H groups in total. The third-order valence-electron chi connectivity index (χ3n) is 2.54. The molecule has 0 amide bonds. The SMILES string of the molecule is CCS(=O)(=O)CCCNC(C)c1ccc(Cl)s1. The first kappa shape index (κ1) is 15.0. The Morgan fingerprint density at radius 2 is 2.18 bits per heavy atom. The lowest BCUT2D eigenvalue weighted by Crippen LogP contribution is -2.21. The molecule has 0 saturated carbocycles. The molecule has 0 spiro atoms. The number of hydrogen-bond donors (Lipinski definition) is 1. The van der Waals surface area contributed by atoms with Gasteiger partial charge in [0.2, 0.25) is 0 Å². The molecule has 17 heavy (non-hydrogen) atoms. The van der Waals surface area contributed by atoms with Crippen LogP contribution in [0.4, 0.5) is 0 Å². The number of sulfone groups is 1. The number of halogens is 1. The van der Waals surface area contributed by atoms with Gasteiger partial charge >= 0.3 is 0 Å². The second kappa shape index (κ2) is 6.73. The van der Waals surface area contributed by atoms with E-state index in [1.807, 2.05) is 12.1 Å². The van der Waals surface area contributed by atoms with E-state index in [9.17, 15) is 8.42 Å². The Morgan fingerprint density at radius 3 is 2.71 bits per heavy atom. The lowest BCUT2D eigenvalue weighted by atomic mass is 10.2. The maximum absolute atomic E-state index is 11.3. The molecule has 0 saturated heterocycles. The van der Waals surface area contributed by atoms with E-state index in [0.717, 1.165) is 4.34 Å². The summed E-state index contributed by atoms with van der Waals surface area (Å²) in [5, 5.41) is 3.30. The monoisotopic (exact) mass is 295 g/mol. The molecule has 1 atom stereocenters. The Morgan fingerprint density at radius 1 is 1.47 bits per heavy atom. The van der Waals surface area contributed by atoms with Gasteiger partial charge in [-0.15, -0.1) is 11.3 Å². The van der Waals surface area contributed by atoms with Crippen molar-refractivity contribution in [2.75, 3.05) is 18.1 Å². The number of hydrogen-bond acceptors (Lipinski definition) is 4. The summed E-state index contributed by atoms with van der Waals surface area (Å²) in [6.07, 6.45) is 0.652. The van der Waals surface area contributed by atoms with Crippen LogP contribution in [0.3, 0.4) is 0 Å². The highest BCUT2D eigenvalue weighted by molar-refractivity contribution is 7.91. The van der Waals surface area contributed by atoms with E-state index in [0.29, 0.717) is 13.0 Å². The third kappa shape index (κ3) is 5.38. The molecular formula is C11H18ClNO2S2. The lowest BCUT2D eigenvalue weighted by molar-refractivity contribution is 0.565. The molecular weight excluding hydrogens is 278 g/mol. The van der Waals surface area contributed by atoms with Gasteiger partial charge in [-0.1, -0.05) is 18.5 Å². The van der Waals surface area contributed by atoms with Crippen LogP contribution in [0.1, 0.15) is 31.2 Å². The zero-order valence-corrected chi connectivity index (χ0v) is 12.5. The fourth-order valence-corrected chi connectivity index (χ4v) is 3.38. The maximum Gasteiger partial charge on any atom is 0.150 e. The van der Waals surface area contributed by atoms with Gasteiger partial charge in [0.15, 0.2) is 0 Å². The summed E-state index contributed by atoms with van der Waals surface area (Å²) < 4.78 is 23.3. The predicted octanol–water partition coefficient (Wildman–Crippen LogP) is 2.88. The third-order valence-corrected chi connectivity index (χ3v) is 5.75. The van der Waals surface area contributed by atoms with Crippen molar-refractivity contribution in [3.63, 3.8) is 0 Å². The molecule has 0 aromatic carbocycles. The molecule has 0 bridgehead atoms. The molecule has 1 rings (SSSR count). The molecule has 6 heteroatoms. The highest BCUT2D eigenvalue weighted by Crippen LogP contribution is 2.26. The fourth-order valence-electron chi connectivity index (χ4n) is 1.42. The Hall–Kier alpha value is -0.100. The molecule has 0 aliphatic rings. The summed E-state index contributed by atoms with van der Waals surface area (Å²) in [7, 11) is -2.84. The highest BCUT2D eigenvalue weighted by Gasteiger charge is 2.09. The van der Waals surface area contributed by atoms with Crippen molar-refractivity contribution in [2.45, 2.75) is 26.3 Å². The smallest absolute Gasteiger partial charge is 0.150 e. The molecule has 0 fully saturated rings. The molecule has 1 aromatic heterocycles. The van der Waals surface area contributed by atoms with Crippen LogP contribution in [-0.4, -0.2) is 26.5 Å². The van der Waals surface area contributed by atoms with Gasteiger partial charge in [-0.05, 0) is 32.0 Å². The maximum atomic E-state index is 11.3. The van der Waals surface area contributed by atoms with Crippen molar-refractivity contribution in [1.29, 1.82) is 0 Å². The minimum atomic E-state index is -2.84. The molecule has 1 unspecified atom stereocenters. The van der Waals surface area contributed by atoms with Crippen LogP contribution in [-0.2, 0) is 9.84 Å². The molecule has 1 aromatic rings. The molecule has 0 radical (unpaired) electrons. The Balaban J connectivity index is 2.28.